The fraction of sp³-hybridized carbons (Fsp3) is 0. The Labute approximate surface area is 218 Å². The van der Waals surface area contributed by atoms with Gasteiger partial charge in [-0.2, -0.15) is 10.2 Å². The molecule has 2 N–H and O–H groups in total. The van der Waals surface area contributed by atoms with E-state index in [4.69, 9.17) is 10.2 Å². The number of hydrogen-bond acceptors (Lipinski definition) is 5. The van der Waals surface area contributed by atoms with Crippen LogP contribution in [0.4, 0.5) is 0 Å². The third kappa shape index (κ3) is 4.12. The van der Waals surface area contributed by atoms with E-state index in [9.17, 15) is 15.0 Å². The highest BCUT2D eigenvalue weighted by Crippen LogP contribution is 2.36. The lowest BCUT2D eigenvalue weighted by Gasteiger charge is -2.06. The van der Waals surface area contributed by atoms with Crippen LogP contribution in [0.25, 0.3) is 33.9 Å². The van der Waals surface area contributed by atoms with Crippen LogP contribution in [0, 0.1) is 0 Å². The average molecular weight is 499 g/mol. The van der Waals surface area contributed by atoms with Gasteiger partial charge in [-0.1, -0.05) is 60.7 Å². The zero-order valence-corrected chi connectivity index (χ0v) is 20.1. The second kappa shape index (κ2) is 9.55. The largest absolute Gasteiger partial charge is 0.507 e. The lowest BCUT2D eigenvalue weighted by Crippen LogP contribution is -2.03. The predicted octanol–water partition coefficient (Wildman–Crippen LogP) is 6.03. The first kappa shape index (κ1) is 23.0. The summed E-state index contributed by atoms with van der Waals surface area (Å²) in [7, 11) is 0. The number of rotatable bonds is 6. The summed E-state index contributed by atoms with van der Waals surface area (Å²) in [6.07, 6.45) is 3.32. The highest BCUT2D eigenvalue weighted by Gasteiger charge is 2.27. The lowest BCUT2D eigenvalue weighted by molar-refractivity contribution is 0.104. The van der Waals surface area contributed by atoms with Gasteiger partial charge in [0.1, 0.15) is 22.9 Å². The van der Waals surface area contributed by atoms with Crippen LogP contribution in [-0.4, -0.2) is 35.6 Å². The minimum absolute atomic E-state index is 0.0146. The predicted molar refractivity (Wildman–Crippen MR) is 145 cm³/mol. The van der Waals surface area contributed by atoms with Crippen LogP contribution in [0.3, 0.4) is 0 Å². The minimum atomic E-state index is -0.342. The van der Waals surface area contributed by atoms with Crippen molar-refractivity contribution in [2.75, 3.05) is 0 Å². The summed E-state index contributed by atoms with van der Waals surface area (Å²) in [5.41, 5.74) is 3.67. The molecule has 38 heavy (non-hydrogen) atoms. The van der Waals surface area contributed by atoms with Crippen LogP contribution in [-0.2, 0) is 0 Å². The molecule has 0 unspecified atom stereocenters. The van der Waals surface area contributed by atoms with E-state index in [1.807, 2.05) is 60.7 Å². The zero-order chi connectivity index (χ0) is 26.1. The van der Waals surface area contributed by atoms with Gasteiger partial charge in [-0.15, -0.1) is 0 Å². The molecule has 2 aromatic heterocycles. The Balaban J connectivity index is 1.57. The number of hydrogen-bond donors (Lipinski definition) is 2. The Kier molecular flexibility index (Phi) is 5.78. The molecule has 6 aromatic rings. The van der Waals surface area contributed by atoms with E-state index in [0.29, 0.717) is 33.6 Å². The monoisotopic (exact) mass is 498 g/mol. The summed E-state index contributed by atoms with van der Waals surface area (Å²) in [5, 5.41) is 30.7. The topological polar surface area (TPSA) is 93.2 Å². The number of nitrogens with zero attached hydrogens (tertiary/aromatic N) is 4. The van der Waals surface area contributed by atoms with Gasteiger partial charge in [0.2, 0.25) is 5.78 Å². The van der Waals surface area contributed by atoms with Crippen LogP contribution in [0.2, 0.25) is 0 Å². The van der Waals surface area contributed by atoms with Gasteiger partial charge in [-0.25, -0.2) is 9.36 Å². The number of ketones is 1. The molecule has 6 rings (SSSR count). The number of para-hydroxylation sites is 4. The fourth-order valence-corrected chi connectivity index (χ4v) is 4.40. The molecule has 7 nitrogen and oxygen atoms in total. The van der Waals surface area contributed by atoms with E-state index in [0.717, 1.165) is 11.4 Å². The van der Waals surface area contributed by atoms with E-state index in [1.165, 1.54) is 0 Å². The van der Waals surface area contributed by atoms with Gasteiger partial charge >= 0.3 is 0 Å². The van der Waals surface area contributed by atoms with Crippen molar-refractivity contribution in [3.63, 3.8) is 0 Å². The van der Waals surface area contributed by atoms with Crippen molar-refractivity contribution >= 4 is 5.78 Å². The Bertz CT molecular complexity index is 1630. The third-order valence-electron chi connectivity index (χ3n) is 6.28. The first-order valence-corrected chi connectivity index (χ1v) is 12.0. The van der Waals surface area contributed by atoms with E-state index >= 15 is 0 Å². The molecule has 7 heteroatoms. The highest BCUT2D eigenvalue weighted by atomic mass is 16.3. The summed E-state index contributed by atoms with van der Waals surface area (Å²) >= 11 is 0. The molecule has 0 atom stereocenters. The SMILES string of the molecule is O=C(c1cn(-c2ccccc2)nc1-c1ccccc1O)c1cn(-c2ccccc2)nc1-c1ccccc1O. The number of carbonyl (C=O) groups excluding carboxylic acids is 1. The number of phenolic OH excluding ortho intramolecular Hbond substituents is 2. The standard InChI is InChI=1S/C31H22N4O3/c36-27-17-9-7-15-23(27)29-25(19-34(32-29)21-11-3-1-4-12-21)31(38)26-20-35(22-13-5-2-6-14-22)33-30(26)24-16-8-10-18-28(24)37/h1-20,36-37H. The first-order chi connectivity index (χ1) is 18.6. The van der Waals surface area contributed by atoms with Gasteiger partial charge in [0.15, 0.2) is 0 Å². The van der Waals surface area contributed by atoms with Crippen molar-refractivity contribution in [1.29, 1.82) is 0 Å². The Morgan fingerprint density at radius 3 is 1.29 bits per heavy atom. The van der Waals surface area contributed by atoms with Gasteiger partial charge in [0.25, 0.3) is 0 Å². The Morgan fingerprint density at radius 1 is 0.526 bits per heavy atom. The lowest BCUT2D eigenvalue weighted by atomic mass is 9.97. The van der Waals surface area contributed by atoms with Crippen LogP contribution in [0.1, 0.15) is 15.9 Å². The number of aromatic nitrogens is 4. The molecule has 2 heterocycles. The molecule has 4 aromatic carbocycles. The molecule has 0 aliphatic carbocycles. The maximum Gasteiger partial charge on any atom is 0.200 e. The molecule has 0 saturated heterocycles. The summed E-state index contributed by atoms with van der Waals surface area (Å²) in [5.74, 6) is -0.313. The molecule has 0 spiro atoms. The molecule has 0 fully saturated rings. The summed E-state index contributed by atoms with van der Waals surface area (Å²) in [6.45, 7) is 0. The number of carbonyl (C=O) groups is 1. The third-order valence-corrected chi connectivity index (χ3v) is 6.28. The van der Waals surface area contributed by atoms with Gasteiger partial charge in [0.05, 0.1) is 22.5 Å². The highest BCUT2D eigenvalue weighted by molar-refractivity contribution is 6.15. The number of aromatic hydroxyl groups is 2. The second-order valence-corrected chi connectivity index (χ2v) is 8.71. The van der Waals surface area contributed by atoms with Crippen molar-refractivity contribution in [3.05, 3.63) is 133 Å². The molecule has 0 saturated carbocycles. The van der Waals surface area contributed by atoms with Crippen LogP contribution in [0.5, 0.6) is 11.5 Å². The van der Waals surface area contributed by atoms with Crippen molar-refractivity contribution in [2.45, 2.75) is 0 Å². The van der Waals surface area contributed by atoms with E-state index < -0.39 is 0 Å². The van der Waals surface area contributed by atoms with Crippen LogP contribution < -0.4 is 0 Å². The summed E-state index contributed by atoms with van der Waals surface area (Å²) < 4.78 is 3.24. The molecule has 0 aliphatic rings. The fourth-order valence-electron chi connectivity index (χ4n) is 4.40. The quantitative estimate of drug-likeness (QED) is 0.273. The number of benzene rings is 4. The van der Waals surface area contributed by atoms with Crippen molar-refractivity contribution in [3.8, 4) is 45.4 Å². The second-order valence-electron chi connectivity index (χ2n) is 8.71. The van der Waals surface area contributed by atoms with E-state index in [2.05, 4.69) is 0 Å². The summed E-state index contributed by atoms with van der Waals surface area (Å²) in [4.78, 5) is 14.3. The van der Waals surface area contributed by atoms with Crippen LogP contribution >= 0.6 is 0 Å². The molecule has 0 bridgehead atoms. The molecule has 184 valence electrons. The average Bonchev–Trinajstić information content (AvgIpc) is 3.60. The minimum Gasteiger partial charge on any atom is -0.507 e. The van der Waals surface area contributed by atoms with Gasteiger partial charge in [0, 0.05) is 23.5 Å². The molecule has 0 amide bonds. The van der Waals surface area contributed by atoms with Crippen LogP contribution in [0.15, 0.2) is 122 Å². The summed E-state index contributed by atoms with van der Waals surface area (Å²) in [6, 6.07) is 32.5. The maximum atomic E-state index is 14.3. The smallest absolute Gasteiger partial charge is 0.200 e. The zero-order valence-electron chi connectivity index (χ0n) is 20.1. The molecule has 0 aliphatic heterocycles. The molecular weight excluding hydrogens is 476 g/mol. The number of phenols is 2. The Morgan fingerprint density at radius 2 is 0.895 bits per heavy atom. The van der Waals surface area contributed by atoms with E-state index in [1.54, 1.807) is 70.3 Å². The first-order valence-electron chi connectivity index (χ1n) is 12.0. The van der Waals surface area contributed by atoms with Crippen molar-refractivity contribution in [1.82, 2.24) is 19.6 Å². The van der Waals surface area contributed by atoms with Gasteiger partial charge in [-0.05, 0) is 48.5 Å². The van der Waals surface area contributed by atoms with Gasteiger partial charge < -0.3 is 10.2 Å². The molecular formula is C31H22N4O3. The van der Waals surface area contributed by atoms with E-state index in [-0.39, 0.29) is 17.3 Å². The Hall–Kier alpha value is -5.43. The van der Waals surface area contributed by atoms with Crippen molar-refractivity contribution < 1.29 is 15.0 Å². The normalized spacial score (nSPS) is 10.9. The van der Waals surface area contributed by atoms with Gasteiger partial charge in [-0.3, -0.25) is 4.79 Å². The van der Waals surface area contributed by atoms with Crippen molar-refractivity contribution in [2.24, 2.45) is 0 Å². The maximum absolute atomic E-state index is 14.3. The molecule has 0 radical (unpaired) electrons.